The molecule has 3 heteroatoms. The van der Waals surface area contributed by atoms with Crippen molar-refractivity contribution in [3.63, 3.8) is 0 Å². The number of nitrogens with zero attached hydrogens (tertiary/aromatic N) is 1. The molecule has 124 valence electrons. The number of benzene rings is 3. The average molecular weight is 329 g/mol. The lowest BCUT2D eigenvalue weighted by molar-refractivity contribution is -0.134. The molecule has 3 aromatic carbocycles. The van der Waals surface area contributed by atoms with Gasteiger partial charge in [0.05, 0.1) is 7.11 Å². The highest BCUT2D eigenvalue weighted by Crippen LogP contribution is 2.34. The summed E-state index contributed by atoms with van der Waals surface area (Å²) in [6.45, 7) is 0. The predicted octanol–water partition coefficient (Wildman–Crippen LogP) is 5.34. The maximum absolute atomic E-state index is 11.2. The van der Waals surface area contributed by atoms with E-state index < -0.39 is 0 Å². The first-order valence-electron chi connectivity index (χ1n) is 8.04. The number of rotatable bonds is 5. The van der Waals surface area contributed by atoms with Gasteiger partial charge in [0, 0.05) is 23.1 Å². The summed E-state index contributed by atoms with van der Waals surface area (Å²) in [5, 5.41) is 0. The van der Waals surface area contributed by atoms with Gasteiger partial charge in [0.2, 0.25) is 0 Å². The summed E-state index contributed by atoms with van der Waals surface area (Å²) in [6, 6.07) is 28.5. The topological polar surface area (TPSA) is 29.5 Å². The number of anilines is 3. The summed E-state index contributed by atoms with van der Waals surface area (Å²) in [5.74, 6) is -0.362. The zero-order valence-corrected chi connectivity index (χ0v) is 14.0. The Hall–Kier alpha value is -3.33. The van der Waals surface area contributed by atoms with Crippen LogP contribution in [0, 0.1) is 0 Å². The summed E-state index contributed by atoms with van der Waals surface area (Å²) in [5.41, 5.74) is 4.17. The number of hydrogen-bond donors (Lipinski definition) is 0. The van der Waals surface area contributed by atoms with Gasteiger partial charge in [0.15, 0.2) is 0 Å². The third kappa shape index (κ3) is 4.15. The zero-order valence-electron chi connectivity index (χ0n) is 14.0. The van der Waals surface area contributed by atoms with E-state index in [1.165, 1.54) is 13.2 Å². The van der Waals surface area contributed by atoms with Crippen molar-refractivity contribution in [3.05, 3.63) is 96.6 Å². The minimum atomic E-state index is -0.362. The van der Waals surface area contributed by atoms with Crippen LogP contribution in [-0.2, 0) is 9.53 Å². The minimum Gasteiger partial charge on any atom is -0.466 e. The molecular formula is C22H19NO2. The van der Waals surface area contributed by atoms with Crippen molar-refractivity contribution < 1.29 is 9.53 Å². The minimum absolute atomic E-state index is 0.362. The molecule has 3 aromatic rings. The summed E-state index contributed by atoms with van der Waals surface area (Å²) >= 11 is 0. The Morgan fingerprint density at radius 2 is 1.24 bits per heavy atom. The Morgan fingerprint density at radius 1 is 0.760 bits per heavy atom. The van der Waals surface area contributed by atoms with Crippen LogP contribution in [0.1, 0.15) is 5.56 Å². The standard InChI is InChI=1S/C22H19NO2/c1-25-22(24)17-14-18-12-15-21(16-13-18)23(19-8-4-2-5-9-19)20-10-6-3-7-11-20/h2-17H,1H3/b17-14+. The van der Waals surface area contributed by atoms with E-state index in [9.17, 15) is 4.79 Å². The molecule has 0 aliphatic rings. The molecule has 0 saturated carbocycles. The van der Waals surface area contributed by atoms with Crippen LogP contribution in [0.3, 0.4) is 0 Å². The lowest BCUT2D eigenvalue weighted by Gasteiger charge is -2.25. The van der Waals surface area contributed by atoms with Crippen LogP contribution in [0.4, 0.5) is 17.1 Å². The van der Waals surface area contributed by atoms with Crippen LogP contribution >= 0.6 is 0 Å². The summed E-state index contributed by atoms with van der Waals surface area (Å²) in [7, 11) is 1.37. The first-order valence-corrected chi connectivity index (χ1v) is 8.04. The number of methoxy groups -OCH3 is 1. The van der Waals surface area contributed by atoms with E-state index in [-0.39, 0.29) is 5.97 Å². The van der Waals surface area contributed by atoms with Crippen LogP contribution < -0.4 is 4.90 Å². The SMILES string of the molecule is COC(=O)/C=C/c1ccc(N(c2ccccc2)c2ccccc2)cc1. The molecular weight excluding hydrogens is 310 g/mol. The fourth-order valence-corrected chi connectivity index (χ4v) is 2.57. The summed E-state index contributed by atoms with van der Waals surface area (Å²) in [6.07, 6.45) is 3.16. The van der Waals surface area contributed by atoms with E-state index in [4.69, 9.17) is 0 Å². The van der Waals surface area contributed by atoms with Crippen molar-refractivity contribution in [2.45, 2.75) is 0 Å². The highest BCUT2D eigenvalue weighted by molar-refractivity contribution is 5.87. The maximum atomic E-state index is 11.2. The molecule has 0 spiro atoms. The lowest BCUT2D eigenvalue weighted by Crippen LogP contribution is -2.09. The Morgan fingerprint density at radius 3 is 1.72 bits per heavy atom. The van der Waals surface area contributed by atoms with Gasteiger partial charge in [0.25, 0.3) is 0 Å². The molecule has 0 aliphatic carbocycles. The molecule has 0 aliphatic heterocycles. The molecule has 3 nitrogen and oxygen atoms in total. The van der Waals surface area contributed by atoms with Gasteiger partial charge >= 0.3 is 5.97 Å². The first-order chi connectivity index (χ1) is 12.3. The van der Waals surface area contributed by atoms with E-state index in [0.29, 0.717) is 0 Å². The van der Waals surface area contributed by atoms with E-state index in [1.54, 1.807) is 6.08 Å². The van der Waals surface area contributed by atoms with Crippen LogP contribution in [-0.4, -0.2) is 13.1 Å². The van der Waals surface area contributed by atoms with Crippen LogP contribution in [0.15, 0.2) is 91.0 Å². The van der Waals surface area contributed by atoms with Crippen molar-refractivity contribution in [2.24, 2.45) is 0 Å². The van der Waals surface area contributed by atoms with Crippen LogP contribution in [0.25, 0.3) is 6.08 Å². The Balaban J connectivity index is 1.94. The van der Waals surface area contributed by atoms with Gasteiger partial charge in [-0.25, -0.2) is 4.79 Å². The van der Waals surface area contributed by atoms with Gasteiger partial charge in [-0.3, -0.25) is 0 Å². The maximum Gasteiger partial charge on any atom is 0.330 e. The number of para-hydroxylation sites is 2. The molecule has 0 amide bonds. The summed E-state index contributed by atoms with van der Waals surface area (Å²) < 4.78 is 4.62. The number of ether oxygens (including phenoxy) is 1. The number of carbonyl (C=O) groups is 1. The second-order valence-corrected chi connectivity index (χ2v) is 5.45. The molecule has 3 rings (SSSR count). The molecule has 0 unspecified atom stereocenters. The number of hydrogen-bond acceptors (Lipinski definition) is 3. The van der Waals surface area contributed by atoms with Crippen molar-refractivity contribution >= 4 is 29.1 Å². The van der Waals surface area contributed by atoms with E-state index in [1.807, 2.05) is 60.7 Å². The van der Waals surface area contributed by atoms with Crippen LogP contribution in [0.2, 0.25) is 0 Å². The van der Waals surface area contributed by atoms with Gasteiger partial charge in [-0.15, -0.1) is 0 Å². The highest BCUT2D eigenvalue weighted by atomic mass is 16.5. The first kappa shape index (κ1) is 16.5. The average Bonchev–Trinajstić information content (AvgIpc) is 2.69. The molecule has 0 saturated heterocycles. The smallest absolute Gasteiger partial charge is 0.330 e. The Labute approximate surface area is 147 Å². The molecule has 0 aromatic heterocycles. The van der Waals surface area contributed by atoms with E-state index in [0.717, 1.165) is 22.6 Å². The molecule has 0 bridgehead atoms. The molecule has 0 radical (unpaired) electrons. The van der Waals surface area contributed by atoms with Crippen molar-refractivity contribution in [3.8, 4) is 0 Å². The van der Waals surface area contributed by atoms with Crippen molar-refractivity contribution in [1.82, 2.24) is 0 Å². The monoisotopic (exact) mass is 329 g/mol. The lowest BCUT2D eigenvalue weighted by atomic mass is 10.1. The Kier molecular flexibility index (Phi) is 5.27. The van der Waals surface area contributed by atoms with Gasteiger partial charge < -0.3 is 9.64 Å². The molecule has 25 heavy (non-hydrogen) atoms. The Bertz CT molecular complexity index is 801. The fraction of sp³-hybridized carbons (Fsp3) is 0.0455. The second-order valence-electron chi connectivity index (χ2n) is 5.45. The van der Waals surface area contributed by atoms with Gasteiger partial charge in [-0.1, -0.05) is 48.5 Å². The second kappa shape index (κ2) is 7.97. The molecule has 0 atom stereocenters. The number of esters is 1. The zero-order chi connectivity index (χ0) is 17.5. The summed E-state index contributed by atoms with van der Waals surface area (Å²) in [4.78, 5) is 13.4. The number of carbonyl (C=O) groups excluding carboxylic acids is 1. The van der Waals surface area contributed by atoms with E-state index in [2.05, 4.69) is 33.9 Å². The molecule has 0 heterocycles. The normalized spacial score (nSPS) is 10.6. The van der Waals surface area contributed by atoms with Gasteiger partial charge in [-0.05, 0) is 48.0 Å². The van der Waals surface area contributed by atoms with Crippen molar-refractivity contribution in [2.75, 3.05) is 12.0 Å². The molecule has 0 fully saturated rings. The quantitative estimate of drug-likeness (QED) is 0.467. The fourth-order valence-electron chi connectivity index (χ4n) is 2.57. The third-order valence-corrected chi connectivity index (χ3v) is 3.79. The van der Waals surface area contributed by atoms with Crippen LogP contribution in [0.5, 0.6) is 0 Å². The predicted molar refractivity (Wildman–Crippen MR) is 102 cm³/mol. The van der Waals surface area contributed by atoms with Crippen molar-refractivity contribution in [1.29, 1.82) is 0 Å². The van der Waals surface area contributed by atoms with Gasteiger partial charge in [0.1, 0.15) is 0 Å². The highest BCUT2D eigenvalue weighted by Gasteiger charge is 2.11. The largest absolute Gasteiger partial charge is 0.466 e. The van der Waals surface area contributed by atoms with Gasteiger partial charge in [-0.2, -0.15) is 0 Å². The molecule has 0 N–H and O–H groups in total. The third-order valence-electron chi connectivity index (χ3n) is 3.79. The van der Waals surface area contributed by atoms with E-state index >= 15 is 0 Å².